The number of methoxy groups -OCH3 is 1. The summed E-state index contributed by atoms with van der Waals surface area (Å²) >= 11 is 0. The molecular weight excluding hydrogens is 333 g/mol. The zero-order valence-electron chi connectivity index (χ0n) is 15.9. The van der Waals surface area contributed by atoms with Crippen molar-refractivity contribution < 1.29 is 18.7 Å². The molecule has 0 radical (unpaired) electrons. The normalized spacial score (nSPS) is 12.0. The van der Waals surface area contributed by atoms with Crippen molar-refractivity contribution in [3.63, 3.8) is 0 Å². The Morgan fingerprint density at radius 1 is 1.12 bits per heavy atom. The fourth-order valence-corrected chi connectivity index (χ4v) is 2.85. The predicted octanol–water partition coefficient (Wildman–Crippen LogP) is 4.52. The fourth-order valence-electron chi connectivity index (χ4n) is 2.85. The van der Waals surface area contributed by atoms with Crippen molar-refractivity contribution in [2.75, 3.05) is 13.7 Å². The van der Waals surface area contributed by atoms with Crippen molar-refractivity contribution in [2.24, 2.45) is 0 Å². The van der Waals surface area contributed by atoms with Gasteiger partial charge in [-0.3, -0.25) is 4.79 Å². The molecule has 0 saturated carbocycles. The van der Waals surface area contributed by atoms with E-state index in [1.165, 1.54) is 24.3 Å². The molecule has 2 rings (SSSR count). The van der Waals surface area contributed by atoms with E-state index in [0.29, 0.717) is 11.7 Å². The lowest BCUT2D eigenvalue weighted by Gasteiger charge is -2.21. The van der Waals surface area contributed by atoms with E-state index >= 15 is 0 Å². The van der Waals surface area contributed by atoms with E-state index in [0.717, 1.165) is 22.4 Å². The number of amides is 1. The lowest BCUT2D eigenvalue weighted by molar-refractivity contribution is -0.123. The summed E-state index contributed by atoms with van der Waals surface area (Å²) in [5.74, 6) is 1.06. The maximum absolute atomic E-state index is 12.9. The van der Waals surface area contributed by atoms with Gasteiger partial charge in [-0.05, 0) is 72.9 Å². The Balaban J connectivity index is 2.04. The highest BCUT2D eigenvalue weighted by Gasteiger charge is 2.17. The Morgan fingerprint density at radius 3 is 2.35 bits per heavy atom. The summed E-state index contributed by atoms with van der Waals surface area (Å²) in [4.78, 5) is 12.2. The molecule has 2 aromatic carbocycles. The van der Waals surface area contributed by atoms with Crippen LogP contribution in [0.3, 0.4) is 0 Å². The van der Waals surface area contributed by atoms with E-state index in [4.69, 9.17) is 9.47 Å². The van der Waals surface area contributed by atoms with Gasteiger partial charge in [-0.1, -0.05) is 13.8 Å². The van der Waals surface area contributed by atoms with E-state index in [1.54, 1.807) is 7.11 Å². The van der Waals surface area contributed by atoms with Gasteiger partial charge in [-0.2, -0.15) is 0 Å². The van der Waals surface area contributed by atoms with Crippen molar-refractivity contribution in [3.05, 3.63) is 58.9 Å². The first-order valence-corrected chi connectivity index (χ1v) is 8.68. The molecule has 1 atom stereocenters. The summed E-state index contributed by atoms with van der Waals surface area (Å²) in [6.07, 6.45) is 0. The number of carbonyl (C=O) groups excluding carboxylic acids is 1. The van der Waals surface area contributed by atoms with Crippen LogP contribution in [-0.2, 0) is 4.79 Å². The molecule has 0 saturated heterocycles. The average Bonchev–Trinajstić information content (AvgIpc) is 2.60. The molecular formula is C21H26FNO3. The van der Waals surface area contributed by atoms with Gasteiger partial charge < -0.3 is 14.8 Å². The van der Waals surface area contributed by atoms with E-state index in [9.17, 15) is 9.18 Å². The molecule has 0 spiro atoms. The van der Waals surface area contributed by atoms with Gasteiger partial charge in [0.2, 0.25) is 0 Å². The summed E-state index contributed by atoms with van der Waals surface area (Å²) < 4.78 is 23.7. The molecule has 0 unspecified atom stereocenters. The number of nitrogens with one attached hydrogen (secondary N) is 1. The monoisotopic (exact) mass is 359 g/mol. The van der Waals surface area contributed by atoms with Gasteiger partial charge in [0.05, 0.1) is 13.2 Å². The first-order chi connectivity index (χ1) is 12.3. The second-order valence-corrected chi connectivity index (χ2v) is 6.64. The second-order valence-electron chi connectivity index (χ2n) is 6.64. The average molecular weight is 359 g/mol. The number of carbonyl (C=O) groups is 1. The van der Waals surface area contributed by atoms with Gasteiger partial charge in [-0.15, -0.1) is 0 Å². The summed E-state index contributed by atoms with van der Waals surface area (Å²) in [5.41, 5.74) is 3.21. The van der Waals surface area contributed by atoms with Gasteiger partial charge in [0.1, 0.15) is 17.3 Å². The van der Waals surface area contributed by atoms with E-state index < -0.39 is 0 Å². The topological polar surface area (TPSA) is 47.6 Å². The maximum atomic E-state index is 12.9. The van der Waals surface area contributed by atoms with Crippen molar-refractivity contribution in [1.29, 1.82) is 0 Å². The van der Waals surface area contributed by atoms with Crippen LogP contribution < -0.4 is 14.8 Å². The summed E-state index contributed by atoms with van der Waals surface area (Å²) in [5, 5.41) is 2.94. The van der Waals surface area contributed by atoms with Crippen LogP contribution in [0.2, 0.25) is 0 Å². The summed E-state index contributed by atoms with van der Waals surface area (Å²) in [6.45, 7) is 8.03. The molecule has 140 valence electrons. The van der Waals surface area contributed by atoms with Crippen molar-refractivity contribution in [2.45, 2.75) is 39.7 Å². The standard InChI is InChI=1S/C21H26FNO3/c1-13(2)18-11-19(14(3)10-20(18)25-5)15(4)23-21(24)12-26-17-8-6-16(22)7-9-17/h6-11,13,15H,12H2,1-5H3,(H,23,24)/t15-/m1/s1. The Kier molecular flexibility index (Phi) is 6.61. The van der Waals surface area contributed by atoms with Crippen LogP contribution in [0.4, 0.5) is 4.39 Å². The predicted molar refractivity (Wildman–Crippen MR) is 100 cm³/mol. The molecule has 4 nitrogen and oxygen atoms in total. The van der Waals surface area contributed by atoms with Crippen LogP contribution in [0.15, 0.2) is 36.4 Å². The Morgan fingerprint density at radius 2 is 1.77 bits per heavy atom. The van der Waals surface area contributed by atoms with Crippen LogP contribution >= 0.6 is 0 Å². The van der Waals surface area contributed by atoms with Crippen LogP contribution in [-0.4, -0.2) is 19.6 Å². The number of hydrogen-bond donors (Lipinski definition) is 1. The molecule has 0 fully saturated rings. The lowest BCUT2D eigenvalue weighted by atomic mass is 9.93. The third kappa shape index (κ3) is 4.97. The number of benzene rings is 2. The molecule has 5 heteroatoms. The largest absolute Gasteiger partial charge is 0.496 e. The molecule has 1 amide bonds. The minimum absolute atomic E-state index is 0.123. The van der Waals surface area contributed by atoms with Crippen LogP contribution in [0.5, 0.6) is 11.5 Å². The Hall–Kier alpha value is -2.56. The molecule has 0 bridgehead atoms. The minimum Gasteiger partial charge on any atom is -0.496 e. The molecule has 26 heavy (non-hydrogen) atoms. The highest BCUT2D eigenvalue weighted by molar-refractivity contribution is 5.78. The number of rotatable bonds is 7. The summed E-state index contributed by atoms with van der Waals surface area (Å²) in [6, 6.07) is 9.51. The van der Waals surface area contributed by atoms with Crippen molar-refractivity contribution >= 4 is 5.91 Å². The number of ether oxygens (including phenoxy) is 2. The fraction of sp³-hybridized carbons (Fsp3) is 0.381. The summed E-state index contributed by atoms with van der Waals surface area (Å²) in [7, 11) is 1.66. The number of hydrogen-bond acceptors (Lipinski definition) is 3. The maximum Gasteiger partial charge on any atom is 0.258 e. The first-order valence-electron chi connectivity index (χ1n) is 8.68. The van der Waals surface area contributed by atoms with Crippen LogP contribution in [0.1, 0.15) is 49.4 Å². The van der Waals surface area contributed by atoms with Crippen LogP contribution in [0.25, 0.3) is 0 Å². The zero-order chi connectivity index (χ0) is 19.3. The Labute approximate surface area is 154 Å². The highest BCUT2D eigenvalue weighted by Crippen LogP contribution is 2.32. The minimum atomic E-state index is -0.341. The third-order valence-corrected chi connectivity index (χ3v) is 4.27. The van der Waals surface area contributed by atoms with E-state index in [1.807, 2.05) is 19.9 Å². The molecule has 1 N–H and O–H groups in total. The van der Waals surface area contributed by atoms with Gasteiger partial charge in [-0.25, -0.2) is 4.39 Å². The number of halogens is 1. The highest BCUT2D eigenvalue weighted by atomic mass is 19.1. The second kappa shape index (κ2) is 8.70. The smallest absolute Gasteiger partial charge is 0.258 e. The molecule has 0 aliphatic rings. The quantitative estimate of drug-likeness (QED) is 0.790. The number of aryl methyl sites for hydroxylation is 1. The van der Waals surface area contributed by atoms with Gasteiger partial charge >= 0.3 is 0 Å². The van der Waals surface area contributed by atoms with Crippen molar-refractivity contribution in [1.82, 2.24) is 5.32 Å². The SMILES string of the molecule is COc1cc(C)c([C@@H](C)NC(=O)COc2ccc(F)cc2)cc1C(C)C. The van der Waals surface area contributed by atoms with Crippen molar-refractivity contribution in [3.8, 4) is 11.5 Å². The van der Waals surface area contributed by atoms with E-state index in [-0.39, 0.29) is 24.4 Å². The Bertz CT molecular complexity index is 757. The van der Waals surface area contributed by atoms with Gasteiger partial charge in [0.15, 0.2) is 6.61 Å². The van der Waals surface area contributed by atoms with E-state index in [2.05, 4.69) is 25.2 Å². The van der Waals surface area contributed by atoms with Gasteiger partial charge in [0, 0.05) is 0 Å². The van der Waals surface area contributed by atoms with Crippen LogP contribution in [0, 0.1) is 12.7 Å². The molecule has 0 aliphatic carbocycles. The molecule has 0 heterocycles. The first kappa shape index (κ1) is 19.8. The molecule has 0 aliphatic heterocycles. The molecule has 0 aromatic heterocycles. The molecule has 2 aromatic rings. The van der Waals surface area contributed by atoms with Gasteiger partial charge in [0.25, 0.3) is 5.91 Å². The third-order valence-electron chi connectivity index (χ3n) is 4.27. The lowest BCUT2D eigenvalue weighted by Crippen LogP contribution is -2.31. The zero-order valence-corrected chi connectivity index (χ0v) is 15.9.